The van der Waals surface area contributed by atoms with Gasteiger partial charge in [0.15, 0.2) is 4.80 Å². The molecule has 10 heteroatoms. The van der Waals surface area contributed by atoms with Crippen LogP contribution in [0.2, 0.25) is 5.02 Å². The van der Waals surface area contributed by atoms with Crippen molar-refractivity contribution in [1.29, 1.82) is 0 Å². The van der Waals surface area contributed by atoms with E-state index in [0.29, 0.717) is 48.6 Å². The van der Waals surface area contributed by atoms with Gasteiger partial charge in [-0.25, -0.2) is 9.79 Å². The third-order valence-corrected chi connectivity index (χ3v) is 7.10. The highest BCUT2D eigenvalue weighted by atomic mass is 79.9. The number of thiazole rings is 1. The molecule has 35 heavy (non-hydrogen) atoms. The molecule has 2 aromatic carbocycles. The topological polar surface area (TPSA) is 90.1 Å². The number of phenols is 1. The van der Waals surface area contributed by atoms with Crippen molar-refractivity contribution in [2.45, 2.75) is 26.8 Å². The highest BCUT2D eigenvalue weighted by Crippen LogP contribution is 2.33. The van der Waals surface area contributed by atoms with Gasteiger partial charge in [0.2, 0.25) is 0 Å². The van der Waals surface area contributed by atoms with Crippen LogP contribution in [0.5, 0.6) is 11.5 Å². The molecule has 0 fully saturated rings. The molecule has 2 heterocycles. The molecule has 1 N–H and O–H groups in total. The maximum atomic E-state index is 13.6. The lowest BCUT2D eigenvalue weighted by Gasteiger charge is -2.24. The number of carbonyl (C=O) groups excluding carboxylic acids is 1. The number of aromatic hydroxyl groups is 1. The fraction of sp³-hybridized carbons (Fsp3) is 0.240. The summed E-state index contributed by atoms with van der Waals surface area (Å²) in [6.45, 7) is 6.07. The predicted octanol–water partition coefficient (Wildman–Crippen LogP) is 4.32. The molecule has 0 saturated carbocycles. The van der Waals surface area contributed by atoms with Gasteiger partial charge in [-0.2, -0.15) is 0 Å². The Balaban J connectivity index is 1.94. The monoisotopic (exact) mass is 576 g/mol. The van der Waals surface area contributed by atoms with E-state index in [1.54, 1.807) is 44.2 Å². The second kappa shape index (κ2) is 10.4. The van der Waals surface area contributed by atoms with E-state index >= 15 is 0 Å². The van der Waals surface area contributed by atoms with Gasteiger partial charge in [-0.1, -0.05) is 51.0 Å². The number of aromatic nitrogens is 1. The van der Waals surface area contributed by atoms with Crippen molar-refractivity contribution in [1.82, 2.24) is 4.57 Å². The average molecular weight is 578 g/mol. The molecule has 1 aliphatic heterocycles. The van der Waals surface area contributed by atoms with Crippen molar-refractivity contribution in [2.75, 3.05) is 13.2 Å². The van der Waals surface area contributed by atoms with Gasteiger partial charge in [0.1, 0.15) is 11.5 Å². The number of hydrogen-bond donors (Lipinski definition) is 1. The number of nitrogens with zero attached hydrogens (tertiary/aromatic N) is 2. The first kappa shape index (κ1) is 25.2. The Morgan fingerprint density at radius 1 is 1.26 bits per heavy atom. The second-order valence-corrected chi connectivity index (χ2v) is 9.96. The Labute approximate surface area is 218 Å². The van der Waals surface area contributed by atoms with E-state index in [1.807, 2.05) is 19.1 Å². The molecule has 0 saturated heterocycles. The van der Waals surface area contributed by atoms with Crippen LogP contribution in [0, 0.1) is 0 Å². The zero-order chi connectivity index (χ0) is 25.3. The second-order valence-electron chi connectivity index (χ2n) is 7.63. The summed E-state index contributed by atoms with van der Waals surface area (Å²) in [7, 11) is 0. The van der Waals surface area contributed by atoms with Crippen LogP contribution in [-0.4, -0.2) is 28.9 Å². The molecule has 4 rings (SSSR count). The molecule has 0 radical (unpaired) electrons. The third-order valence-electron chi connectivity index (χ3n) is 5.37. The molecule has 1 aromatic heterocycles. The molecule has 7 nitrogen and oxygen atoms in total. The van der Waals surface area contributed by atoms with E-state index in [-0.39, 0.29) is 22.9 Å². The molecule has 1 aliphatic rings. The SMILES string of the molecule is CCOC(=O)C1=C(C)N=c2s/c(=C\c3cc(Br)cc(Cl)c3O)c(=O)n2[C@@H]1c1ccc(OCC)cc1. The van der Waals surface area contributed by atoms with Crippen LogP contribution >= 0.6 is 38.9 Å². The fourth-order valence-corrected chi connectivity index (χ4v) is 5.73. The van der Waals surface area contributed by atoms with Crippen molar-refractivity contribution in [3.63, 3.8) is 0 Å². The molecule has 3 aromatic rings. The molecule has 182 valence electrons. The van der Waals surface area contributed by atoms with E-state index in [9.17, 15) is 14.7 Å². The maximum absolute atomic E-state index is 13.6. The quantitative estimate of drug-likeness (QED) is 0.441. The van der Waals surface area contributed by atoms with Crippen molar-refractivity contribution < 1.29 is 19.4 Å². The summed E-state index contributed by atoms with van der Waals surface area (Å²) in [6.07, 6.45) is 1.56. The van der Waals surface area contributed by atoms with Gasteiger partial charge >= 0.3 is 5.97 Å². The number of benzene rings is 2. The maximum Gasteiger partial charge on any atom is 0.338 e. The summed E-state index contributed by atoms with van der Waals surface area (Å²) in [4.78, 5) is 31.6. The molecule has 0 aliphatic carbocycles. The summed E-state index contributed by atoms with van der Waals surface area (Å²) in [5, 5.41) is 10.6. The van der Waals surface area contributed by atoms with Crippen LogP contribution in [0.3, 0.4) is 0 Å². The molecule has 1 atom stereocenters. The number of halogens is 2. The van der Waals surface area contributed by atoms with Gasteiger partial charge in [0.05, 0.1) is 40.1 Å². The van der Waals surface area contributed by atoms with Crippen molar-refractivity contribution in [2.24, 2.45) is 4.99 Å². The normalized spacial score (nSPS) is 15.6. The van der Waals surface area contributed by atoms with Crippen molar-refractivity contribution >= 4 is 50.9 Å². The lowest BCUT2D eigenvalue weighted by Crippen LogP contribution is -2.39. The predicted molar refractivity (Wildman–Crippen MR) is 139 cm³/mol. The Morgan fingerprint density at radius 2 is 1.97 bits per heavy atom. The minimum absolute atomic E-state index is 0.132. The smallest absolute Gasteiger partial charge is 0.338 e. The standard InChI is InChI=1S/C25H22BrClN2O5S/c1-4-33-17-8-6-14(7-9-17)21-20(24(32)34-5-2)13(3)28-25-29(21)23(31)19(35-25)11-15-10-16(26)12-18(27)22(15)30/h6-12,21,30H,4-5H2,1-3H3/b19-11-/t21-/m1/s1. The number of carbonyl (C=O) groups is 1. The molecule has 0 spiro atoms. The van der Waals surface area contributed by atoms with Crippen LogP contribution < -0.4 is 19.6 Å². The molecular formula is C25H22BrClN2O5S. The van der Waals surface area contributed by atoms with E-state index < -0.39 is 12.0 Å². The molecular weight excluding hydrogens is 556 g/mol. The number of ether oxygens (including phenoxy) is 2. The molecule has 0 bridgehead atoms. The Kier molecular flexibility index (Phi) is 7.49. The highest BCUT2D eigenvalue weighted by molar-refractivity contribution is 9.10. The van der Waals surface area contributed by atoms with E-state index in [1.165, 1.54) is 15.9 Å². The first-order valence-corrected chi connectivity index (χ1v) is 12.8. The van der Waals surface area contributed by atoms with Crippen molar-refractivity contribution in [3.8, 4) is 11.5 Å². The van der Waals surface area contributed by atoms with Gasteiger partial charge < -0.3 is 14.6 Å². The number of rotatable bonds is 6. The third kappa shape index (κ3) is 4.94. The van der Waals surface area contributed by atoms with Gasteiger partial charge in [-0.15, -0.1) is 0 Å². The van der Waals surface area contributed by atoms with E-state index in [4.69, 9.17) is 21.1 Å². The lowest BCUT2D eigenvalue weighted by atomic mass is 9.96. The van der Waals surface area contributed by atoms with Gasteiger partial charge in [0.25, 0.3) is 5.56 Å². The number of fused-ring (bicyclic) bond motifs is 1. The van der Waals surface area contributed by atoms with E-state index in [0.717, 1.165) is 0 Å². The molecule has 0 amide bonds. The lowest BCUT2D eigenvalue weighted by molar-refractivity contribution is -0.139. The summed E-state index contributed by atoms with van der Waals surface area (Å²) >= 11 is 10.6. The summed E-state index contributed by atoms with van der Waals surface area (Å²) in [5.74, 6) is 0.0227. The minimum atomic E-state index is -0.733. The van der Waals surface area contributed by atoms with Crippen LogP contribution in [0.25, 0.3) is 6.08 Å². The zero-order valence-corrected chi connectivity index (χ0v) is 22.3. The molecule has 0 unspecified atom stereocenters. The van der Waals surface area contributed by atoms with Crippen LogP contribution in [-0.2, 0) is 9.53 Å². The fourth-order valence-electron chi connectivity index (χ4n) is 3.86. The summed E-state index contributed by atoms with van der Waals surface area (Å²) in [5.41, 5.74) is 1.52. The van der Waals surface area contributed by atoms with Gasteiger partial charge in [-0.05, 0) is 56.7 Å². The number of esters is 1. The van der Waals surface area contributed by atoms with Crippen LogP contribution in [0.1, 0.15) is 37.9 Å². The van der Waals surface area contributed by atoms with Crippen molar-refractivity contribution in [3.05, 3.63) is 88.0 Å². The summed E-state index contributed by atoms with van der Waals surface area (Å²) < 4.78 is 13.3. The van der Waals surface area contributed by atoms with Crippen LogP contribution in [0.4, 0.5) is 0 Å². The number of hydrogen-bond acceptors (Lipinski definition) is 7. The van der Waals surface area contributed by atoms with Gasteiger partial charge in [0, 0.05) is 10.0 Å². The Bertz CT molecular complexity index is 1510. The summed E-state index contributed by atoms with van der Waals surface area (Å²) in [6, 6.07) is 9.75. The van der Waals surface area contributed by atoms with Gasteiger partial charge in [-0.3, -0.25) is 9.36 Å². The highest BCUT2D eigenvalue weighted by Gasteiger charge is 2.33. The minimum Gasteiger partial charge on any atom is -0.506 e. The number of allylic oxidation sites excluding steroid dienone is 1. The number of phenolic OH excluding ortho intramolecular Hbond substituents is 1. The Hall–Kier alpha value is -2.88. The first-order chi connectivity index (χ1) is 16.7. The first-order valence-electron chi connectivity index (χ1n) is 10.9. The average Bonchev–Trinajstić information content (AvgIpc) is 3.11. The van der Waals surface area contributed by atoms with Crippen LogP contribution in [0.15, 0.2) is 61.9 Å². The van der Waals surface area contributed by atoms with E-state index in [2.05, 4.69) is 20.9 Å². The zero-order valence-electron chi connectivity index (χ0n) is 19.2. The Morgan fingerprint density at radius 3 is 2.63 bits per heavy atom. The largest absolute Gasteiger partial charge is 0.506 e.